The van der Waals surface area contributed by atoms with Crippen molar-refractivity contribution in [1.82, 2.24) is 4.90 Å². The van der Waals surface area contributed by atoms with Crippen LogP contribution in [0.25, 0.3) is 0 Å². The summed E-state index contributed by atoms with van der Waals surface area (Å²) >= 11 is 0. The van der Waals surface area contributed by atoms with Crippen LogP contribution in [0.5, 0.6) is 5.75 Å². The molecule has 21 heavy (non-hydrogen) atoms. The number of hydrogen-bond acceptors (Lipinski definition) is 3. The molecule has 0 amide bonds. The fourth-order valence-electron chi connectivity index (χ4n) is 2.72. The second-order valence-corrected chi connectivity index (χ2v) is 5.91. The third kappa shape index (κ3) is 6.38. The molecule has 1 aromatic carbocycles. The quantitative estimate of drug-likeness (QED) is 0.728. The minimum absolute atomic E-state index is 0.818. The first-order chi connectivity index (χ1) is 10.4. The predicted octanol–water partition coefficient (Wildman–Crippen LogP) is 4.15. The van der Waals surface area contributed by atoms with Gasteiger partial charge in [-0.3, -0.25) is 0 Å². The zero-order chi connectivity index (χ0) is 14.8. The van der Waals surface area contributed by atoms with E-state index in [4.69, 9.17) is 4.74 Å². The number of benzene rings is 1. The standard InChI is InChI=1S/C18H30N2O/c1-2-3-16-21-18-10-8-17(9-11-18)19-12-15-20-13-6-4-5-7-14-20/h8-11,19H,2-7,12-16H2,1H3. The minimum atomic E-state index is 0.818. The highest BCUT2D eigenvalue weighted by Crippen LogP contribution is 2.16. The molecule has 1 aliphatic rings. The monoisotopic (exact) mass is 290 g/mol. The fraction of sp³-hybridized carbons (Fsp3) is 0.667. The third-order valence-electron chi connectivity index (χ3n) is 4.08. The molecule has 1 heterocycles. The molecule has 1 fully saturated rings. The van der Waals surface area contributed by atoms with Gasteiger partial charge in [-0.15, -0.1) is 0 Å². The van der Waals surface area contributed by atoms with Gasteiger partial charge in [0.25, 0.3) is 0 Å². The van der Waals surface area contributed by atoms with Crippen LogP contribution in [0.3, 0.4) is 0 Å². The van der Waals surface area contributed by atoms with Gasteiger partial charge in [0.05, 0.1) is 6.61 Å². The largest absolute Gasteiger partial charge is 0.494 e. The van der Waals surface area contributed by atoms with E-state index in [2.05, 4.69) is 41.4 Å². The van der Waals surface area contributed by atoms with Crippen LogP contribution < -0.4 is 10.1 Å². The Morgan fingerprint density at radius 2 is 1.76 bits per heavy atom. The van der Waals surface area contributed by atoms with Crippen molar-refractivity contribution in [3.05, 3.63) is 24.3 Å². The van der Waals surface area contributed by atoms with Crippen molar-refractivity contribution in [3.8, 4) is 5.75 Å². The Kier molecular flexibility index (Phi) is 7.44. The lowest BCUT2D eigenvalue weighted by molar-refractivity contribution is 0.296. The molecule has 0 radical (unpaired) electrons. The van der Waals surface area contributed by atoms with Crippen LogP contribution in [0, 0.1) is 0 Å². The number of hydrogen-bond donors (Lipinski definition) is 1. The summed E-state index contributed by atoms with van der Waals surface area (Å²) in [5.41, 5.74) is 1.19. The van der Waals surface area contributed by atoms with E-state index in [1.807, 2.05) is 0 Å². The maximum absolute atomic E-state index is 5.68. The highest BCUT2D eigenvalue weighted by Gasteiger charge is 2.07. The first-order valence-electron chi connectivity index (χ1n) is 8.57. The number of rotatable bonds is 8. The fourth-order valence-corrected chi connectivity index (χ4v) is 2.72. The van der Waals surface area contributed by atoms with Gasteiger partial charge in [-0.05, 0) is 56.6 Å². The summed E-state index contributed by atoms with van der Waals surface area (Å²) in [6.07, 6.45) is 7.84. The topological polar surface area (TPSA) is 24.5 Å². The van der Waals surface area contributed by atoms with Crippen LogP contribution >= 0.6 is 0 Å². The zero-order valence-electron chi connectivity index (χ0n) is 13.4. The highest BCUT2D eigenvalue weighted by atomic mass is 16.5. The van der Waals surface area contributed by atoms with E-state index in [9.17, 15) is 0 Å². The lowest BCUT2D eigenvalue weighted by atomic mass is 10.2. The summed E-state index contributed by atoms with van der Waals surface area (Å²) < 4.78 is 5.68. The number of nitrogens with one attached hydrogen (secondary N) is 1. The van der Waals surface area contributed by atoms with Crippen molar-refractivity contribution in [3.63, 3.8) is 0 Å². The number of ether oxygens (including phenoxy) is 1. The van der Waals surface area contributed by atoms with Gasteiger partial charge in [0.1, 0.15) is 5.75 Å². The molecule has 0 bridgehead atoms. The maximum atomic E-state index is 5.68. The Hall–Kier alpha value is -1.22. The molecule has 3 heteroatoms. The van der Waals surface area contributed by atoms with Crippen molar-refractivity contribution in [2.75, 3.05) is 38.1 Å². The number of likely N-dealkylation sites (tertiary alicyclic amines) is 1. The molecule has 0 spiro atoms. The zero-order valence-corrected chi connectivity index (χ0v) is 13.4. The second-order valence-electron chi connectivity index (χ2n) is 5.91. The second kappa shape index (κ2) is 9.67. The van der Waals surface area contributed by atoms with Gasteiger partial charge in [0, 0.05) is 18.8 Å². The lowest BCUT2D eigenvalue weighted by Crippen LogP contribution is -2.29. The van der Waals surface area contributed by atoms with Crippen LogP contribution in [-0.4, -0.2) is 37.7 Å². The third-order valence-corrected chi connectivity index (χ3v) is 4.08. The summed E-state index contributed by atoms with van der Waals surface area (Å²) in [6, 6.07) is 8.35. The first kappa shape index (κ1) is 16.2. The summed E-state index contributed by atoms with van der Waals surface area (Å²) in [6.45, 7) is 7.71. The molecule has 1 saturated heterocycles. The molecule has 2 rings (SSSR count). The van der Waals surface area contributed by atoms with Crippen molar-refractivity contribution < 1.29 is 4.74 Å². The van der Waals surface area contributed by atoms with E-state index in [0.717, 1.165) is 31.9 Å². The molecule has 0 atom stereocenters. The van der Waals surface area contributed by atoms with Crippen LogP contribution in [0.2, 0.25) is 0 Å². The van der Waals surface area contributed by atoms with E-state index in [0.29, 0.717) is 0 Å². The van der Waals surface area contributed by atoms with Gasteiger partial charge < -0.3 is 15.0 Å². The molecule has 0 unspecified atom stereocenters. The number of anilines is 1. The SMILES string of the molecule is CCCCOc1ccc(NCCN2CCCCCC2)cc1. The van der Waals surface area contributed by atoms with Crippen LogP contribution in [0.15, 0.2) is 24.3 Å². The summed E-state index contributed by atoms with van der Waals surface area (Å²) in [4.78, 5) is 2.59. The molecule has 1 aliphatic heterocycles. The predicted molar refractivity (Wildman–Crippen MR) is 90.2 cm³/mol. The van der Waals surface area contributed by atoms with Gasteiger partial charge in [0.15, 0.2) is 0 Å². The normalized spacial score (nSPS) is 16.4. The van der Waals surface area contributed by atoms with Crippen molar-refractivity contribution in [2.24, 2.45) is 0 Å². The van der Waals surface area contributed by atoms with Crippen molar-refractivity contribution in [2.45, 2.75) is 45.4 Å². The first-order valence-corrected chi connectivity index (χ1v) is 8.57. The lowest BCUT2D eigenvalue weighted by Gasteiger charge is -2.20. The van der Waals surface area contributed by atoms with Gasteiger partial charge in [0.2, 0.25) is 0 Å². The average molecular weight is 290 g/mol. The molecule has 118 valence electrons. The Morgan fingerprint density at radius 1 is 1.05 bits per heavy atom. The van der Waals surface area contributed by atoms with Gasteiger partial charge in [-0.25, -0.2) is 0 Å². The summed E-state index contributed by atoms with van der Waals surface area (Å²) in [5.74, 6) is 0.974. The van der Waals surface area contributed by atoms with Crippen LogP contribution in [0.4, 0.5) is 5.69 Å². The average Bonchev–Trinajstić information content (AvgIpc) is 2.78. The van der Waals surface area contributed by atoms with Gasteiger partial charge >= 0.3 is 0 Å². The van der Waals surface area contributed by atoms with E-state index < -0.39 is 0 Å². The maximum Gasteiger partial charge on any atom is 0.119 e. The Balaban J connectivity index is 1.65. The number of nitrogens with zero attached hydrogens (tertiary/aromatic N) is 1. The molecule has 1 aromatic rings. The summed E-state index contributed by atoms with van der Waals surface area (Å²) in [5, 5.41) is 3.51. The van der Waals surface area contributed by atoms with Crippen LogP contribution in [-0.2, 0) is 0 Å². The Labute approximate surface area is 129 Å². The van der Waals surface area contributed by atoms with Crippen LogP contribution in [0.1, 0.15) is 45.4 Å². The van der Waals surface area contributed by atoms with E-state index in [1.165, 1.54) is 50.9 Å². The van der Waals surface area contributed by atoms with Crippen molar-refractivity contribution >= 4 is 5.69 Å². The molecule has 3 nitrogen and oxygen atoms in total. The van der Waals surface area contributed by atoms with E-state index in [-0.39, 0.29) is 0 Å². The smallest absolute Gasteiger partial charge is 0.119 e. The molecular weight excluding hydrogens is 260 g/mol. The van der Waals surface area contributed by atoms with E-state index >= 15 is 0 Å². The molecule has 0 aromatic heterocycles. The Morgan fingerprint density at radius 3 is 2.43 bits per heavy atom. The Bertz CT molecular complexity index is 369. The summed E-state index contributed by atoms with van der Waals surface area (Å²) in [7, 11) is 0. The van der Waals surface area contributed by atoms with Gasteiger partial charge in [-0.2, -0.15) is 0 Å². The van der Waals surface area contributed by atoms with E-state index in [1.54, 1.807) is 0 Å². The molecular formula is C18H30N2O. The molecule has 0 saturated carbocycles. The van der Waals surface area contributed by atoms with Gasteiger partial charge in [-0.1, -0.05) is 26.2 Å². The minimum Gasteiger partial charge on any atom is -0.494 e. The number of unbranched alkanes of at least 4 members (excludes halogenated alkanes) is 1. The van der Waals surface area contributed by atoms with Crippen molar-refractivity contribution in [1.29, 1.82) is 0 Å². The molecule has 1 N–H and O–H groups in total. The molecule has 0 aliphatic carbocycles. The highest BCUT2D eigenvalue weighted by molar-refractivity contribution is 5.46.